The number of benzene rings is 2. The van der Waals surface area contributed by atoms with Gasteiger partial charge in [-0.15, -0.1) is 0 Å². The molecule has 23 heavy (non-hydrogen) atoms. The second kappa shape index (κ2) is 6.50. The van der Waals surface area contributed by atoms with Crippen molar-refractivity contribution in [2.75, 3.05) is 4.90 Å². The number of nitrogens with zero attached hydrogens (tertiary/aromatic N) is 2. The standard InChI is InChI=1S/C16H13ClN2O4/c1-10(2)18(12-8-6-11(17)7-9-12)16(21)13-4-3-5-14(15(13)20)19(22)23/h3-9,20H,1H2,2H3. The van der Waals surface area contributed by atoms with Crippen molar-refractivity contribution in [3.05, 3.63) is 75.4 Å². The second-order valence-electron chi connectivity index (χ2n) is 4.78. The van der Waals surface area contributed by atoms with Crippen molar-refractivity contribution in [2.45, 2.75) is 6.92 Å². The number of phenols is 1. The van der Waals surface area contributed by atoms with E-state index in [1.165, 1.54) is 17.0 Å². The molecule has 0 saturated carbocycles. The molecule has 0 fully saturated rings. The molecule has 1 amide bonds. The minimum atomic E-state index is -0.750. The molecule has 2 rings (SSSR count). The lowest BCUT2D eigenvalue weighted by Gasteiger charge is -2.23. The van der Waals surface area contributed by atoms with Crippen LogP contribution in [0.4, 0.5) is 11.4 Å². The first-order valence-electron chi connectivity index (χ1n) is 6.55. The third kappa shape index (κ3) is 3.32. The fourth-order valence-electron chi connectivity index (χ4n) is 2.07. The van der Waals surface area contributed by atoms with Gasteiger partial charge in [0, 0.05) is 22.5 Å². The van der Waals surface area contributed by atoms with Gasteiger partial charge in [0.05, 0.1) is 10.5 Å². The number of nitro benzene ring substituents is 1. The second-order valence-corrected chi connectivity index (χ2v) is 5.22. The number of allylic oxidation sites excluding steroid dienone is 1. The predicted molar refractivity (Wildman–Crippen MR) is 87.8 cm³/mol. The highest BCUT2D eigenvalue weighted by Gasteiger charge is 2.26. The van der Waals surface area contributed by atoms with Gasteiger partial charge in [0.25, 0.3) is 5.91 Å². The molecular weight excluding hydrogens is 320 g/mol. The predicted octanol–water partition coefficient (Wildman–Crippen LogP) is 4.13. The van der Waals surface area contributed by atoms with E-state index in [-0.39, 0.29) is 5.56 Å². The number of rotatable bonds is 4. The lowest BCUT2D eigenvalue weighted by atomic mass is 10.1. The van der Waals surface area contributed by atoms with Gasteiger partial charge < -0.3 is 5.11 Å². The van der Waals surface area contributed by atoms with E-state index in [1.807, 2.05) is 0 Å². The Morgan fingerprint density at radius 3 is 2.39 bits per heavy atom. The number of carbonyl (C=O) groups excluding carboxylic acids is 1. The average Bonchev–Trinajstić information content (AvgIpc) is 2.49. The SMILES string of the molecule is C=C(C)N(C(=O)c1cccc([N+](=O)[O-])c1O)c1ccc(Cl)cc1. The molecule has 2 aromatic rings. The Bertz CT molecular complexity index is 787. The number of amides is 1. The van der Waals surface area contributed by atoms with Gasteiger partial charge in [-0.25, -0.2) is 0 Å². The maximum atomic E-state index is 12.7. The molecule has 0 bridgehead atoms. The first-order valence-corrected chi connectivity index (χ1v) is 6.92. The molecule has 0 aliphatic rings. The van der Waals surface area contributed by atoms with Crippen molar-refractivity contribution in [1.29, 1.82) is 0 Å². The Morgan fingerprint density at radius 2 is 1.87 bits per heavy atom. The summed E-state index contributed by atoms with van der Waals surface area (Å²) in [5.41, 5.74) is 0.159. The minimum Gasteiger partial charge on any atom is -0.502 e. The summed E-state index contributed by atoms with van der Waals surface area (Å²) in [7, 11) is 0. The first kappa shape index (κ1) is 16.5. The van der Waals surface area contributed by atoms with Gasteiger partial charge >= 0.3 is 5.69 Å². The highest BCUT2D eigenvalue weighted by Crippen LogP contribution is 2.32. The van der Waals surface area contributed by atoms with Crippen LogP contribution >= 0.6 is 11.6 Å². The third-order valence-electron chi connectivity index (χ3n) is 3.11. The van der Waals surface area contributed by atoms with Crippen molar-refractivity contribution < 1.29 is 14.8 Å². The molecule has 1 N–H and O–H groups in total. The van der Waals surface area contributed by atoms with E-state index in [9.17, 15) is 20.0 Å². The fraction of sp³-hybridized carbons (Fsp3) is 0.0625. The zero-order chi connectivity index (χ0) is 17.1. The van der Waals surface area contributed by atoms with Gasteiger partial charge in [-0.05, 0) is 37.3 Å². The minimum absolute atomic E-state index is 0.183. The summed E-state index contributed by atoms with van der Waals surface area (Å²) >= 11 is 5.83. The van der Waals surface area contributed by atoms with E-state index < -0.39 is 22.3 Å². The monoisotopic (exact) mass is 332 g/mol. The summed E-state index contributed by atoms with van der Waals surface area (Å²) in [6, 6.07) is 10.2. The molecule has 6 nitrogen and oxygen atoms in total. The van der Waals surface area contributed by atoms with Gasteiger partial charge in [-0.2, -0.15) is 0 Å². The Balaban J connectivity index is 2.51. The van der Waals surface area contributed by atoms with Gasteiger partial charge in [0.1, 0.15) is 0 Å². The van der Waals surface area contributed by atoms with Gasteiger partial charge in [-0.1, -0.05) is 24.2 Å². The summed E-state index contributed by atoms with van der Waals surface area (Å²) in [6.45, 7) is 5.36. The van der Waals surface area contributed by atoms with Crippen molar-refractivity contribution >= 4 is 28.9 Å². The maximum Gasteiger partial charge on any atom is 0.311 e. The summed E-state index contributed by atoms with van der Waals surface area (Å²) in [4.78, 5) is 24.1. The Hall–Kier alpha value is -2.86. The number of carbonyl (C=O) groups is 1. The molecule has 2 aromatic carbocycles. The quantitative estimate of drug-likeness (QED) is 0.673. The molecule has 0 aliphatic carbocycles. The number of aromatic hydroxyl groups is 1. The van der Waals surface area contributed by atoms with E-state index >= 15 is 0 Å². The maximum absolute atomic E-state index is 12.7. The van der Waals surface area contributed by atoms with E-state index in [4.69, 9.17) is 11.6 Å². The molecule has 118 valence electrons. The van der Waals surface area contributed by atoms with E-state index in [1.54, 1.807) is 31.2 Å². The average molecular weight is 333 g/mol. The van der Waals surface area contributed by atoms with Crippen LogP contribution in [0.5, 0.6) is 5.75 Å². The van der Waals surface area contributed by atoms with Crippen molar-refractivity contribution in [3.63, 3.8) is 0 Å². The normalized spacial score (nSPS) is 10.2. The highest BCUT2D eigenvalue weighted by atomic mass is 35.5. The van der Waals surface area contributed by atoms with Crippen LogP contribution in [0, 0.1) is 10.1 Å². The van der Waals surface area contributed by atoms with Crippen molar-refractivity contribution in [2.24, 2.45) is 0 Å². The largest absolute Gasteiger partial charge is 0.502 e. The van der Waals surface area contributed by atoms with E-state index in [0.717, 1.165) is 6.07 Å². The molecule has 0 unspecified atom stereocenters. The molecule has 0 saturated heterocycles. The lowest BCUT2D eigenvalue weighted by molar-refractivity contribution is -0.385. The topological polar surface area (TPSA) is 83.7 Å². The number of hydrogen-bond acceptors (Lipinski definition) is 4. The summed E-state index contributed by atoms with van der Waals surface area (Å²) in [5.74, 6) is -1.30. The lowest BCUT2D eigenvalue weighted by Crippen LogP contribution is -2.28. The molecule has 0 spiro atoms. The van der Waals surface area contributed by atoms with Crippen molar-refractivity contribution in [1.82, 2.24) is 0 Å². The molecule has 0 atom stereocenters. The number of phenolic OH excluding ortho intramolecular Hbond substituents is 1. The molecule has 0 radical (unpaired) electrons. The zero-order valence-electron chi connectivity index (χ0n) is 12.2. The summed E-state index contributed by atoms with van der Waals surface area (Å²) in [5, 5.41) is 21.4. The summed E-state index contributed by atoms with van der Waals surface area (Å²) < 4.78 is 0. The van der Waals surface area contributed by atoms with Gasteiger partial charge in [0.2, 0.25) is 5.75 Å². The van der Waals surface area contributed by atoms with E-state index in [2.05, 4.69) is 6.58 Å². The third-order valence-corrected chi connectivity index (χ3v) is 3.36. The van der Waals surface area contributed by atoms with Crippen LogP contribution in [0.15, 0.2) is 54.7 Å². The van der Waals surface area contributed by atoms with Gasteiger partial charge in [0.15, 0.2) is 0 Å². The number of para-hydroxylation sites is 1. The molecule has 0 heterocycles. The van der Waals surface area contributed by atoms with Crippen LogP contribution in [-0.2, 0) is 0 Å². The number of halogens is 1. The summed E-state index contributed by atoms with van der Waals surface area (Å²) in [6.07, 6.45) is 0. The molecule has 7 heteroatoms. The number of anilines is 1. The van der Waals surface area contributed by atoms with Crippen LogP contribution in [0.25, 0.3) is 0 Å². The van der Waals surface area contributed by atoms with Crippen LogP contribution in [0.1, 0.15) is 17.3 Å². The molecule has 0 aromatic heterocycles. The van der Waals surface area contributed by atoms with Crippen LogP contribution < -0.4 is 4.90 Å². The molecular formula is C16H13ClN2O4. The highest BCUT2D eigenvalue weighted by molar-refractivity contribution is 6.30. The number of hydrogen-bond donors (Lipinski definition) is 1. The smallest absolute Gasteiger partial charge is 0.311 e. The zero-order valence-corrected chi connectivity index (χ0v) is 12.9. The van der Waals surface area contributed by atoms with Crippen LogP contribution in [-0.4, -0.2) is 15.9 Å². The first-order chi connectivity index (χ1) is 10.8. The van der Waals surface area contributed by atoms with Crippen LogP contribution in [0.2, 0.25) is 5.02 Å². The number of nitro groups is 1. The van der Waals surface area contributed by atoms with Crippen molar-refractivity contribution in [3.8, 4) is 5.75 Å². The van der Waals surface area contributed by atoms with E-state index in [0.29, 0.717) is 16.4 Å². The fourth-order valence-corrected chi connectivity index (χ4v) is 2.20. The Morgan fingerprint density at radius 1 is 1.26 bits per heavy atom. The van der Waals surface area contributed by atoms with Crippen LogP contribution in [0.3, 0.4) is 0 Å². The Labute approximate surface area is 137 Å². The Kier molecular flexibility index (Phi) is 4.66. The molecule has 0 aliphatic heterocycles. The van der Waals surface area contributed by atoms with Gasteiger partial charge in [-0.3, -0.25) is 19.8 Å².